The van der Waals surface area contributed by atoms with Crippen molar-refractivity contribution >= 4 is 23.2 Å². The fourth-order valence-electron chi connectivity index (χ4n) is 3.09. The third-order valence-corrected chi connectivity index (χ3v) is 4.54. The number of thiocarbonyl (C=S) groups is 1. The highest BCUT2D eigenvalue weighted by Crippen LogP contribution is 2.32. The molecule has 2 N–H and O–H groups in total. The summed E-state index contributed by atoms with van der Waals surface area (Å²) in [5.74, 6) is -0.615. The normalized spacial score (nSPS) is 23.4. The van der Waals surface area contributed by atoms with Gasteiger partial charge in [0.05, 0.1) is 19.3 Å². The van der Waals surface area contributed by atoms with Gasteiger partial charge < -0.3 is 25.0 Å². The Balaban J connectivity index is 1.84. The van der Waals surface area contributed by atoms with Crippen molar-refractivity contribution in [2.45, 2.75) is 12.7 Å². The zero-order valence-corrected chi connectivity index (χ0v) is 14.7. The zero-order valence-electron chi connectivity index (χ0n) is 13.9. The summed E-state index contributed by atoms with van der Waals surface area (Å²) in [6.45, 7) is 3.08. The Labute approximate surface area is 155 Å². The first-order valence-corrected chi connectivity index (χ1v) is 8.54. The number of nitrogens with zero attached hydrogens (tertiary/aromatic N) is 1. The number of ether oxygens (including phenoxy) is 2. The van der Waals surface area contributed by atoms with Crippen LogP contribution in [0.4, 0.5) is 8.78 Å². The molecule has 6 nitrogen and oxygen atoms in total. The fraction of sp³-hybridized carbons (Fsp3) is 0.412. The number of alkyl halides is 2. The number of halogens is 2. The Morgan fingerprint density at radius 1 is 1.31 bits per heavy atom. The monoisotopic (exact) mass is 383 g/mol. The minimum atomic E-state index is -2.89. The lowest BCUT2D eigenvalue weighted by atomic mass is 9.87. The van der Waals surface area contributed by atoms with Crippen molar-refractivity contribution in [2.75, 3.05) is 26.3 Å². The second-order valence-corrected chi connectivity index (χ2v) is 6.37. The molecule has 0 unspecified atom stereocenters. The molecule has 0 aromatic heterocycles. The molecule has 2 aliphatic rings. The van der Waals surface area contributed by atoms with E-state index >= 15 is 0 Å². The molecule has 2 aliphatic heterocycles. The fourth-order valence-corrected chi connectivity index (χ4v) is 3.35. The highest BCUT2D eigenvalue weighted by Gasteiger charge is 2.39. The predicted molar refractivity (Wildman–Crippen MR) is 94.7 cm³/mol. The summed E-state index contributed by atoms with van der Waals surface area (Å²) in [4.78, 5) is 14.8. The van der Waals surface area contributed by atoms with Gasteiger partial charge in [0.25, 0.3) is 0 Å². The second kappa shape index (κ2) is 7.96. The first kappa shape index (κ1) is 18.5. The summed E-state index contributed by atoms with van der Waals surface area (Å²) in [5, 5.41) is 6.36. The largest absolute Gasteiger partial charge is 0.435 e. The summed E-state index contributed by atoms with van der Waals surface area (Å²) >= 11 is 5.19. The predicted octanol–water partition coefficient (Wildman–Crippen LogP) is 1.80. The minimum absolute atomic E-state index is 0.0511. The molecule has 2 saturated heterocycles. The number of nitrogens with one attached hydrogen (secondary N) is 2. The van der Waals surface area contributed by atoms with Gasteiger partial charge in [-0.25, -0.2) is 0 Å². The van der Waals surface area contributed by atoms with Crippen molar-refractivity contribution in [2.24, 2.45) is 5.92 Å². The number of hydrogen-bond donors (Lipinski definition) is 2. The van der Waals surface area contributed by atoms with E-state index < -0.39 is 18.6 Å². The summed E-state index contributed by atoms with van der Waals surface area (Å²) in [5.41, 5.74) is 1.23. The van der Waals surface area contributed by atoms with E-state index in [0.717, 1.165) is 5.56 Å². The number of hydrogen-bond acceptors (Lipinski definition) is 4. The van der Waals surface area contributed by atoms with E-state index in [1.165, 1.54) is 12.1 Å². The number of rotatable bonds is 4. The number of amides is 1. The third kappa shape index (κ3) is 4.10. The van der Waals surface area contributed by atoms with Crippen LogP contribution in [-0.4, -0.2) is 48.8 Å². The molecule has 2 atom stereocenters. The van der Waals surface area contributed by atoms with Gasteiger partial charge in [0.2, 0.25) is 5.91 Å². The molecule has 1 aromatic carbocycles. The van der Waals surface area contributed by atoms with Crippen LogP contribution in [0.1, 0.15) is 11.6 Å². The van der Waals surface area contributed by atoms with E-state index in [2.05, 4.69) is 21.9 Å². The van der Waals surface area contributed by atoms with Crippen LogP contribution >= 0.6 is 12.2 Å². The van der Waals surface area contributed by atoms with E-state index in [1.807, 2.05) is 0 Å². The van der Waals surface area contributed by atoms with Gasteiger partial charge in [-0.3, -0.25) is 4.79 Å². The maximum absolute atomic E-state index is 13.0. The Morgan fingerprint density at radius 2 is 1.96 bits per heavy atom. The Morgan fingerprint density at radius 3 is 2.58 bits per heavy atom. The molecule has 0 aliphatic carbocycles. The van der Waals surface area contributed by atoms with E-state index in [4.69, 9.17) is 17.0 Å². The van der Waals surface area contributed by atoms with E-state index in [0.29, 0.717) is 37.1 Å². The van der Waals surface area contributed by atoms with Crippen LogP contribution < -0.4 is 15.4 Å². The summed E-state index contributed by atoms with van der Waals surface area (Å²) in [6, 6.07) is 5.69. The number of carbonyl (C=O) groups is 1. The molecule has 0 bridgehead atoms. The second-order valence-electron chi connectivity index (χ2n) is 5.96. The maximum atomic E-state index is 13.0. The van der Waals surface area contributed by atoms with Gasteiger partial charge in [-0.1, -0.05) is 18.7 Å². The molecule has 0 radical (unpaired) electrons. The number of morpholine rings is 1. The molecule has 2 fully saturated rings. The minimum Gasteiger partial charge on any atom is -0.435 e. The van der Waals surface area contributed by atoms with Crippen molar-refractivity contribution < 1.29 is 23.0 Å². The summed E-state index contributed by atoms with van der Waals surface area (Å²) < 4.78 is 34.3. The Hall–Kier alpha value is -2.26. The Kier molecular flexibility index (Phi) is 5.67. The molecule has 2 heterocycles. The average Bonchev–Trinajstić information content (AvgIpc) is 2.61. The van der Waals surface area contributed by atoms with Crippen LogP contribution in [0.5, 0.6) is 5.75 Å². The molecule has 140 valence electrons. The molecule has 26 heavy (non-hydrogen) atoms. The van der Waals surface area contributed by atoms with Crippen molar-refractivity contribution in [3.63, 3.8) is 0 Å². The topological polar surface area (TPSA) is 62.8 Å². The Bertz CT molecular complexity index is 693. The SMILES string of the molecule is C=C1NC(=S)N[C@H](c2ccc(OC(F)F)cc2)[C@@H]1C(=O)N1CCOCC1. The first-order chi connectivity index (χ1) is 12.5. The quantitative estimate of drug-likeness (QED) is 0.773. The highest BCUT2D eigenvalue weighted by molar-refractivity contribution is 7.80. The van der Waals surface area contributed by atoms with Gasteiger partial charge >= 0.3 is 6.61 Å². The molecule has 3 rings (SSSR count). The van der Waals surface area contributed by atoms with Gasteiger partial charge in [0, 0.05) is 18.8 Å². The first-order valence-electron chi connectivity index (χ1n) is 8.13. The zero-order chi connectivity index (χ0) is 18.7. The molecule has 0 saturated carbocycles. The lowest BCUT2D eigenvalue weighted by molar-refractivity contribution is -0.139. The van der Waals surface area contributed by atoms with Crippen molar-refractivity contribution in [3.8, 4) is 5.75 Å². The molecule has 1 aromatic rings. The van der Waals surface area contributed by atoms with Gasteiger partial charge in [-0.15, -0.1) is 0 Å². The van der Waals surface area contributed by atoms with Crippen LogP contribution in [-0.2, 0) is 9.53 Å². The van der Waals surface area contributed by atoms with Crippen molar-refractivity contribution in [1.82, 2.24) is 15.5 Å². The average molecular weight is 383 g/mol. The van der Waals surface area contributed by atoms with Crippen LogP contribution in [0.25, 0.3) is 0 Å². The summed E-state index contributed by atoms with van der Waals surface area (Å²) in [6.07, 6.45) is 0. The lowest BCUT2D eigenvalue weighted by Crippen LogP contribution is -2.55. The van der Waals surface area contributed by atoms with Gasteiger partial charge in [-0.2, -0.15) is 8.78 Å². The lowest BCUT2D eigenvalue weighted by Gasteiger charge is -2.39. The third-order valence-electron chi connectivity index (χ3n) is 4.32. The highest BCUT2D eigenvalue weighted by atomic mass is 32.1. The van der Waals surface area contributed by atoms with Crippen LogP contribution in [0.15, 0.2) is 36.5 Å². The molecule has 1 amide bonds. The van der Waals surface area contributed by atoms with Gasteiger partial charge in [0.15, 0.2) is 5.11 Å². The van der Waals surface area contributed by atoms with Crippen LogP contribution in [0, 0.1) is 5.92 Å². The van der Waals surface area contributed by atoms with Crippen LogP contribution in [0.2, 0.25) is 0 Å². The number of benzene rings is 1. The smallest absolute Gasteiger partial charge is 0.387 e. The molecular weight excluding hydrogens is 364 g/mol. The van der Waals surface area contributed by atoms with Gasteiger partial charge in [0.1, 0.15) is 11.7 Å². The number of carbonyl (C=O) groups excluding carboxylic acids is 1. The van der Waals surface area contributed by atoms with Crippen molar-refractivity contribution in [3.05, 3.63) is 42.1 Å². The molecule has 0 spiro atoms. The van der Waals surface area contributed by atoms with E-state index in [1.54, 1.807) is 17.0 Å². The standard InChI is InChI=1S/C17H19F2N3O3S/c1-10-13(15(23)22-6-8-24-9-7-22)14(21-17(26)20-10)11-2-4-12(5-3-11)25-16(18)19/h2-5,13-14,16H,1,6-9H2,(H2,20,21,26)/t13-,14-/m1/s1. The molecule has 9 heteroatoms. The van der Waals surface area contributed by atoms with Gasteiger partial charge in [-0.05, 0) is 29.9 Å². The molecular formula is C17H19F2N3O3S. The van der Waals surface area contributed by atoms with E-state index in [-0.39, 0.29) is 11.7 Å². The van der Waals surface area contributed by atoms with E-state index in [9.17, 15) is 13.6 Å². The maximum Gasteiger partial charge on any atom is 0.387 e. The van der Waals surface area contributed by atoms with Crippen LogP contribution in [0.3, 0.4) is 0 Å². The van der Waals surface area contributed by atoms with Crippen molar-refractivity contribution in [1.29, 1.82) is 0 Å². The summed E-state index contributed by atoms with van der Waals surface area (Å²) in [7, 11) is 0.